The molecule has 2 aliphatic carbocycles. The van der Waals surface area contributed by atoms with Crippen LogP contribution >= 0.6 is 0 Å². The van der Waals surface area contributed by atoms with Crippen LogP contribution in [0.2, 0.25) is 0 Å². The topological polar surface area (TPSA) is 65.7 Å². The molecule has 0 amide bonds. The lowest BCUT2D eigenvalue weighted by Crippen LogP contribution is -2.23. The van der Waals surface area contributed by atoms with Gasteiger partial charge in [0.05, 0.1) is 11.4 Å². The highest BCUT2D eigenvalue weighted by atomic mass is 19.1. The van der Waals surface area contributed by atoms with Gasteiger partial charge in [-0.3, -0.25) is 9.59 Å². The van der Waals surface area contributed by atoms with Crippen molar-refractivity contribution in [3.05, 3.63) is 59.4 Å². The second-order valence-electron chi connectivity index (χ2n) is 14.3. The van der Waals surface area contributed by atoms with E-state index in [1.807, 2.05) is 12.1 Å². The number of aromatic nitrogens is 2. The molecule has 2 N–H and O–H groups in total. The highest BCUT2D eigenvalue weighted by Crippen LogP contribution is 2.37. The van der Waals surface area contributed by atoms with Crippen molar-refractivity contribution in [3.63, 3.8) is 0 Å². The lowest BCUT2D eigenvalue weighted by atomic mass is 9.77. The van der Waals surface area contributed by atoms with Gasteiger partial charge in [-0.15, -0.1) is 0 Å². The summed E-state index contributed by atoms with van der Waals surface area (Å²) in [7, 11) is 0. The zero-order valence-electron chi connectivity index (χ0n) is 28.1. The number of H-pyrrole nitrogens is 2. The van der Waals surface area contributed by atoms with Crippen molar-refractivity contribution >= 4 is 11.6 Å². The van der Waals surface area contributed by atoms with Crippen LogP contribution in [0.15, 0.2) is 36.7 Å². The molecule has 46 heavy (non-hydrogen) atoms. The van der Waals surface area contributed by atoms with Crippen LogP contribution in [0.1, 0.15) is 128 Å². The van der Waals surface area contributed by atoms with Gasteiger partial charge in [-0.2, -0.15) is 0 Å². The van der Waals surface area contributed by atoms with Gasteiger partial charge in [0.15, 0.2) is 0 Å². The molecule has 0 unspecified atom stereocenters. The summed E-state index contributed by atoms with van der Waals surface area (Å²) in [5.74, 6) is 0.807. The van der Waals surface area contributed by atoms with Gasteiger partial charge in [0.2, 0.25) is 0 Å². The summed E-state index contributed by atoms with van der Waals surface area (Å²) in [5.41, 5.74) is 2.55. The van der Waals surface area contributed by atoms with E-state index >= 15 is 8.78 Å². The van der Waals surface area contributed by atoms with Gasteiger partial charge in [-0.05, 0) is 98.6 Å². The number of hydrogen-bond acceptors (Lipinski definition) is 2. The molecule has 6 heteroatoms. The first-order valence-corrected chi connectivity index (χ1v) is 18.3. The number of halogens is 2. The van der Waals surface area contributed by atoms with Crippen molar-refractivity contribution in [3.8, 4) is 22.5 Å². The number of carbonyl (C=O) groups excluding carboxylic acids is 2. The van der Waals surface area contributed by atoms with E-state index in [2.05, 4.69) is 23.8 Å². The van der Waals surface area contributed by atoms with E-state index < -0.39 is 11.6 Å². The molecule has 0 bridgehead atoms. The lowest BCUT2D eigenvalue weighted by molar-refractivity contribution is -0.124. The summed E-state index contributed by atoms with van der Waals surface area (Å²) >= 11 is 0. The van der Waals surface area contributed by atoms with Crippen LogP contribution in [-0.4, -0.2) is 21.5 Å². The quantitative estimate of drug-likeness (QED) is 0.154. The average Bonchev–Trinajstić information content (AvgIpc) is 3.72. The summed E-state index contributed by atoms with van der Waals surface area (Å²) in [4.78, 5) is 32.7. The molecule has 2 aliphatic rings. The van der Waals surface area contributed by atoms with Crippen molar-refractivity contribution in [1.82, 2.24) is 9.97 Å². The molecule has 250 valence electrons. The SMILES string of the molecule is CCCCCC1CCC(C(=O)Cc2cc[nH]c2-c2cc(F)c(-c3[nH]ccc3CC(=O)C3CCC(CCCCC)CC3)cc2F)CC1. The van der Waals surface area contributed by atoms with E-state index in [4.69, 9.17) is 0 Å². The third kappa shape index (κ3) is 8.66. The molecule has 0 spiro atoms. The van der Waals surface area contributed by atoms with Crippen LogP contribution in [0, 0.1) is 35.3 Å². The summed E-state index contributed by atoms with van der Waals surface area (Å²) in [5, 5.41) is 0. The second-order valence-corrected chi connectivity index (χ2v) is 14.3. The van der Waals surface area contributed by atoms with Gasteiger partial charge in [0.1, 0.15) is 23.2 Å². The Labute approximate surface area is 274 Å². The second kappa shape index (κ2) is 16.7. The van der Waals surface area contributed by atoms with Crippen LogP contribution in [0.5, 0.6) is 0 Å². The first kappa shape index (κ1) is 34.3. The largest absolute Gasteiger partial charge is 0.361 e. The van der Waals surface area contributed by atoms with Crippen LogP contribution in [-0.2, 0) is 22.4 Å². The lowest BCUT2D eigenvalue weighted by Gasteiger charge is -2.27. The number of benzene rings is 1. The fourth-order valence-electron chi connectivity index (χ4n) is 8.11. The summed E-state index contributed by atoms with van der Waals surface area (Å²) in [6.45, 7) is 4.45. The molecular weight excluding hydrogens is 578 g/mol. The maximum atomic E-state index is 15.7. The minimum absolute atomic E-state index is 0.0453. The number of rotatable bonds is 16. The molecule has 1 aromatic carbocycles. The Morgan fingerprint density at radius 1 is 0.630 bits per heavy atom. The minimum Gasteiger partial charge on any atom is -0.361 e. The maximum Gasteiger partial charge on any atom is 0.140 e. The Hall–Kier alpha value is -3.02. The zero-order chi connectivity index (χ0) is 32.5. The highest BCUT2D eigenvalue weighted by molar-refractivity contribution is 5.86. The third-order valence-electron chi connectivity index (χ3n) is 11.0. The van der Waals surface area contributed by atoms with E-state index in [1.165, 1.54) is 63.5 Å². The predicted octanol–water partition coefficient (Wildman–Crippen LogP) is 11.0. The van der Waals surface area contributed by atoms with E-state index in [-0.39, 0.29) is 47.4 Å². The normalized spacial score (nSPS) is 21.8. The number of Topliss-reactive ketones (excluding diaryl/α,β-unsaturated/α-hetero) is 2. The molecular formula is C40H54F2N2O2. The fraction of sp³-hybridized carbons (Fsp3) is 0.600. The van der Waals surface area contributed by atoms with E-state index in [0.29, 0.717) is 22.5 Å². The zero-order valence-corrected chi connectivity index (χ0v) is 28.1. The summed E-state index contributed by atoms with van der Waals surface area (Å²) in [6.07, 6.45) is 22.0. The molecule has 5 rings (SSSR count). The molecule has 2 aromatic heterocycles. The van der Waals surface area contributed by atoms with Crippen molar-refractivity contribution in [1.29, 1.82) is 0 Å². The van der Waals surface area contributed by atoms with Crippen molar-refractivity contribution in [2.75, 3.05) is 0 Å². The van der Waals surface area contributed by atoms with E-state index in [0.717, 1.165) is 63.2 Å². The number of unbranched alkanes of at least 4 members (excludes halogenated alkanes) is 4. The Bertz CT molecular complexity index is 1310. The molecule has 4 nitrogen and oxygen atoms in total. The molecule has 0 saturated heterocycles. The Kier molecular flexibility index (Phi) is 12.5. The van der Waals surface area contributed by atoms with E-state index in [1.54, 1.807) is 12.4 Å². The predicted molar refractivity (Wildman–Crippen MR) is 183 cm³/mol. The van der Waals surface area contributed by atoms with Gasteiger partial charge in [-0.1, -0.05) is 65.2 Å². The number of carbonyl (C=O) groups is 2. The summed E-state index contributed by atoms with van der Waals surface area (Å²) < 4.78 is 31.4. The Balaban J connectivity index is 1.21. The van der Waals surface area contributed by atoms with Gasteiger partial charge in [0.25, 0.3) is 0 Å². The van der Waals surface area contributed by atoms with Gasteiger partial charge >= 0.3 is 0 Å². The average molecular weight is 633 g/mol. The highest BCUT2D eigenvalue weighted by Gasteiger charge is 2.29. The number of ketones is 2. The van der Waals surface area contributed by atoms with Gasteiger partial charge < -0.3 is 9.97 Å². The Morgan fingerprint density at radius 2 is 1.02 bits per heavy atom. The van der Waals surface area contributed by atoms with Gasteiger partial charge in [-0.25, -0.2) is 8.78 Å². The minimum atomic E-state index is -0.562. The number of aromatic amines is 2. The molecule has 0 radical (unpaired) electrons. The molecule has 0 aliphatic heterocycles. The standard InChI is InChI=1S/C40H54F2N2O2/c1-3-5-7-9-27-11-15-29(16-12-27)37(45)23-31-19-21-43-39(31)33-25-36(42)34(26-35(33)41)40-32(20-22-44-40)24-38(46)30-17-13-28(14-18-30)10-8-6-4-2/h19-22,25-30,43-44H,3-18,23-24H2,1-2H3. The van der Waals surface area contributed by atoms with Crippen LogP contribution in [0.3, 0.4) is 0 Å². The van der Waals surface area contributed by atoms with Crippen molar-refractivity contribution in [2.24, 2.45) is 23.7 Å². The fourth-order valence-corrected chi connectivity index (χ4v) is 8.11. The van der Waals surface area contributed by atoms with Crippen LogP contribution in [0.4, 0.5) is 8.78 Å². The molecule has 2 heterocycles. The van der Waals surface area contributed by atoms with Crippen LogP contribution < -0.4 is 0 Å². The first-order valence-electron chi connectivity index (χ1n) is 18.3. The first-order chi connectivity index (χ1) is 22.4. The Morgan fingerprint density at radius 3 is 1.39 bits per heavy atom. The van der Waals surface area contributed by atoms with Crippen molar-refractivity contribution < 1.29 is 18.4 Å². The smallest absolute Gasteiger partial charge is 0.140 e. The monoisotopic (exact) mass is 632 g/mol. The molecule has 0 atom stereocenters. The number of hydrogen-bond donors (Lipinski definition) is 2. The number of nitrogens with one attached hydrogen (secondary N) is 2. The van der Waals surface area contributed by atoms with E-state index in [9.17, 15) is 9.59 Å². The molecule has 3 aromatic rings. The van der Waals surface area contributed by atoms with Gasteiger partial charge in [0, 0.05) is 48.2 Å². The third-order valence-corrected chi connectivity index (χ3v) is 11.0. The summed E-state index contributed by atoms with van der Waals surface area (Å²) in [6, 6.07) is 6.06. The van der Waals surface area contributed by atoms with Crippen LogP contribution in [0.25, 0.3) is 22.5 Å². The maximum absolute atomic E-state index is 15.7. The molecule has 2 fully saturated rings. The molecule has 2 saturated carbocycles. The van der Waals surface area contributed by atoms with Crippen molar-refractivity contribution in [2.45, 2.75) is 129 Å².